The van der Waals surface area contributed by atoms with Crippen LogP contribution >= 0.6 is 0 Å². The summed E-state index contributed by atoms with van der Waals surface area (Å²) in [5.41, 5.74) is 21.0. The molecule has 0 radical (unpaired) electrons. The van der Waals surface area contributed by atoms with Crippen LogP contribution < -0.4 is 4.90 Å². The summed E-state index contributed by atoms with van der Waals surface area (Å²) in [6.45, 7) is 9.43. The van der Waals surface area contributed by atoms with Gasteiger partial charge >= 0.3 is 0 Å². The maximum Gasteiger partial charge on any atom is 0.104 e. The molecule has 4 heterocycles. The lowest BCUT2D eigenvalue weighted by molar-refractivity contribution is 0.666. The van der Waals surface area contributed by atoms with E-state index in [9.17, 15) is 10.5 Å². The smallest absolute Gasteiger partial charge is 0.104 e. The number of para-hydroxylation sites is 5. The average molecular weight is 1020 g/mol. The Morgan fingerprint density at radius 2 is 0.787 bits per heavy atom. The Kier molecular flexibility index (Phi) is 8.85. The van der Waals surface area contributed by atoms with Gasteiger partial charge in [-0.25, -0.2) is 0 Å². The SMILES string of the molecule is CC1(C)c2ccccc2-c2ccc3c(c21)c1ccccc1n3-c1c(C#N)c(N2c3ccccc3C3C=CC=CC32)c(C#N)c(-n2c3ccccc3c3c4c(ccc32)-c2ccccc2C4(C)C)c1-n1c2ccccc2c2ccccc21. The van der Waals surface area contributed by atoms with Gasteiger partial charge in [-0.3, -0.25) is 0 Å². The van der Waals surface area contributed by atoms with Crippen LogP contribution in [0.2, 0.25) is 0 Å². The van der Waals surface area contributed by atoms with E-state index in [1.54, 1.807) is 0 Å². The zero-order chi connectivity index (χ0) is 53.5. The van der Waals surface area contributed by atoms with Crippen LogP contribution in [0.15, 0.2) is 218 Å². The fourth-order valence-electron chi connectivity index (χ4n) is 15.7. The zero-order valence-electron chi connectivity index (χ0n) is 44.6. The molecule has 17 rings (SSSR count). The maximum absolute atomic E-state index is 12.7. The molecule has 6 heteroatoms. The molecule has 6 nitrogen and oxygen atoms in total. The van der Waals surface area contributed by atoms with Gasteiger partial charge in [0.25, 0.3) is 0 Å². The van der Waals surface area contributed by atoms with Crippen molar-refractivity contribution in [2.45, 2.75) is 50.5 Å². The molecule has 2 atom stereocenters. The van der Waals surface area contributed by atoms with E-state index in [-0.39, 0.29) is 22.8 Å². The fourth-order valence-corrected chi connectivity index (χ4v) is 15.7. The minimum atomic E-state index is -0.346. The first-order valence-corrected chi connectivity index (χ1v) is 27.8. The molecule has 3 aliphatic carbocycles. The Bertz CT molecular complexity index is 4850. The van der Waals surface area contributed by atoms with Crippen molar-refractivity contribution in [3.05, 3.63) is 257 Å². The third-order valence-corrected chi connectivity index (χ3v) is 18.8. The highest BCUT2D eigenvalue weighted by Crippen LogP contribution is 2.59. The Hall–Kier alpha value is -10.1. The summed E-state index contributed by atoms with van der Waals surface area (Å²) >= 11 is 0. The predicted molar refractivity (Wildman–Crippen MR) is 327 cm³/mol. The molecular weight excluding hydrogens is 973 g/mol. The van der Waals surface area contributed by atoms with Crippen molar-refractivity contribution in [1.29, 1.82) is 10.5 Å². The molecule has 0 saturated heterocycles. The molecule has 4 aliphatic rings. The van der Waals surface area contributed by atoms with Crippen molar-refractivity contribution >= 4 is 76.8 Å². The number of hydrogen-bond acceptors (Lipinski definition) is 3. The van der Waals surface area contributed by atoms with Gasteiger partial charge in [-0.05, 0) is 92.5 Å². The van der Waals surface area contributed by atoms with Crippen molar-refractivity contribution in [3.63, 3.8) is 0 Å². The van der Waals surface area contributed by atoms with E-state index in [2.05, 4.69) is 277 Å². The highest BCUT2D eigenvalue weighted by Gasteiger charge is 2.45. The van der Waals surface area contributed by atoms with Gasteiger partial charge in [0, 0.05) is 54.8 Å². The van der Waals surface area contributed by atoms with Crippen LogP contribution in [0.5, 0.6) is 0 Å². The summed E-state index contributed by atoms with van der Waals surface area (Å²) in [5.74, 6) is -0.0161. The van der Waals surface area contributed by atoms with Gasteiger partial charge in [-0.15, -0.1) is 0 Å². The monoisotopic (exact) mass is 1020 g/mol. The molecule has 13 aromatic rings. The first kappa shape index (κ1) is 44.9. The Labute approximate surface area is 462 Å². The van der Waals surface area contributed by atoms with E-state index >= 15 is 0 Å². The van der Waals surface area contributed by atoms with Crippen LogP contribution in [0.1, 0.15) is 72.6 Å². The summed E-state index contributed by atoms with van der Waals surface area (Å²) in [6.07, 6.45) is 8.77. The van der Waals surface area contributed by atoms with E-state index in [0.29, 0.717) is 28.2 Å². The quantitative estimate of drug-likeness (QED) is 0.176. The van der Waals surface area contributed by atoms with Crippen LogP contribution in [-0.4, -0.2) is 19.7 Å². The van der Waals surface area contributed by atoms with Crippen LogP contribution in [0, 0.1) is 22.7 Å². The van der Waals surface area contributed by atoms with Gasteiger partial charge in [0.15, 0.2) is 0 Å². The van der Waals surface area contributed by atoms with E-state index in [4.69, 9.17) is 0 Å². The number of nitriles is 2. The molecule has 0 fully saturated rings. The number of anilines is 2. The van der Waals surface area contributed by atoms with Gasteiger partial charge in [0.05, 0.1) is 61.9 Å². The highest BCUT2D eigenvalue weighted by molar-refractivity contribution is 6.18. The summed E-state index contributed by atoms with van der Waals surface area (Å²) in [5, 5.41) is 32.2. The van der Waals surface area contributed by atoms with E-state index < -0.39 is 0 Å². The third kappa shape index (κ3) is 5.45. The molecule has 80 heavy (non-hydrogen) atoms. The van der Waals surface area contributed by atoms with E-state index in [1.165, 1.54) is 44.5 Å². The number of rotatable bonds is 4. The number of aromatic nitrogens is 3. The van der Waals surface area contributed by atoms with Crippen LogP contribution in [0.3, 0.4) is 0 Å². The highest BCUT2D eigenvalue weighted by atomic mass is 15.2. The van der Waals surface area contributed by atoms with Gasteiger partial charge < -0.3 is 18.6 Å². The summed E-state index contributed by atoms with van der Waals surface area (Å²) < 4.78 is 7.18. The number of allylic oxidation sites excluding steroid dienone is 2. The standard InChI is InChI=1S/C74H50N6/c1-73(2)55-29-13-5-21-43(55)49-37-39-63-65(67(49)73)51-27-11-19-35-61(51)79(63)70-53(41-75)69(77-57-31-15-7-23-45(57)46-24-8-16-32-58(46)77)54(42-76)71(72(70)78-59-33-17-9-25-47(59)48-26-10-18-34-60(48)78)80-62-36-20-12-28-52(62)66-64(80)40-38-50-44-22-6-14-30-56(44)74(3,4)68(50)66/h5-40,45,57H,1-4H3. The van der Waals surface area contributed by atoms with Gasteiger partial charge in [-0.2, -0.15) is 10.5 Å². The van der Waals surface area contributed by atoms with Crippen molar-refractivity contribution in [1.82, 2.24) is 13.7 Å². The lowest BCUT2D eigenvalue weighted by atomic mass is 9.80. The van der Waals surface area contributed by atoms with Gasteiger partial charge in [0.1, 0.15) is 23.3 Å². The third-order valence-electron chi connectivity index (χ3n) is 18.8. The number of benzene rings is 10. The largest absolute Gasteiger partial charge is 0.331 e. The van der Waals surface area contributed by atoms with E-state index in [0.717, 1.165) is 82.4 Å². The molecule has 1 aliphatic heterocycles. The molecule has 0 N–H and O–H groups in total. The minimum Gasteiger partial charge on any atom is -0.331 e. The molecule has 0 saturated carbocycles. The molecule has 3 aromatic heterocycles. The van der Waals surface area contributed by atoms with Crippen LogP contribution in [0.25, 0.3) is 105 Å². The Morgan fingerprint density at radius 1 is 0.375 bits per heavy atom. The zero-order valence-corrected chi connectivity index (χ0v) is 44.6. The first-order valence-electron chi connectivity index (χ1n) is 27.8. The fraction of sp³-hybridized carbons (Fsp3) is 0.108. The summed E-state index contributed by atoms with van der Waals surface area (Å²) in [4.78, 5) is 2.33. The van der Waals surface area contributed by atoms with Crippen LogP contribution in [0.4, 0.5) is 11.4 Å². The normalized spacial score (nSPS) is 16.8. The second-order valence-corrected chi connectivity index (χ2v) is 23.3. The minimum absolute atomic E-state index is 0.0161. The second kappa shape index (κ2) is 15.8. The van der Waals surface area contributed by atoms with Crippen molar-refractivity contribution < 1.29 is 0 Å². The van der Waals surface area contributed by atoms with Gasteiger partial charge in [0.2, 0.25) is 0 Å². The van der Waals surface area contributed by atoms with Crippen molar-refractivity contribution in [2.24, 2.45) is 0 Å². The molecular formula is C74H50N6. The Balaban J connectivity index is 1.15. The predicted octanol–water partition coefficient (Wildman–Crippen LogP) is 18.1. The topological polar surface area (TPSA) is 65.6 Å². The van der Waals surface area contributed by atoms with E-state index in [1.807, 2.05) is 0 Å². The Morgan fingerprint density at radius 3 is 1.30 bits per heavy atom. The number of fused-ring (bicyclic) bond motifs is 20. The lowest BCUT2D eigenvalue weighted by Crippen LogP contribution is -2.31. The van der Waals surface area contributed by atoms with Crippen molar-refractivity contribution in [3.8, 4) is 51.5 Å². The maximum atomic E-state index is 12.7. The number of nitrogens with zero attached hydrogens (tertiary/aromatic N) is 6. The summed E-state index contributed by atoms with van der Waals surface area (Å²) in [7, 11) is 0. The molecule has 0 amide bonds. The average Bonchev–Trinajstić information content (AvgIpc) is 4.36. The summed E-state index contributed by atoms with van der Waals surface area (Å²) in [6, 6.07) is 76.0. The molecule has 0 bridgehead atoms. The van der Waals surface area contributed by atoms with Gasteiger partial charge in [-0.1, -0.05) is 204 Å². The molecule has 376 valence electrons. The van der Waals surface area contributed by atoms with Crippen molar-refractivity contribution in [2.75, 3.05) is 4.90 Å². The molecule has 2 unspecified atom stereocenters. The number of hydrogen-bond donors (Lipinski definition) is 0. The second-order valence-electron chi connectivity index (χ2n) is 23.3. The molecule has 10 aromatic carbocycles. The lowest BCUT2D eigenvalue weighted by Gasteiger charge is -2.33. The van der Waals surface area contributed by atoms with Crippen LogP contribution in [-0.2, 0) is 10.8 Å². The first-order chi connectivity index (χ1) is 39.2. The molecule has 0 spiro atoms.